The van der Waals surface area contributed by atoms with Crippen LogP contribution in [0, 0.1) is 0 Å². The maximum absolute atomic E-state index is 11.9. The molecule has 1 rings (SSSR count). The SMILES string of the molecule is CCCCOC(=O)Cn1c(=O)c(N)cn(CC)c1=O. The van der Waals surface area contributed by atoms with Crippen molar-refractivity contribution >= 4 is 11.7 Å². The highest BCUT2D eigenvalue weighted by molar-refractivity contribution is 5.69. The molecule has 1 aromatic rings. The molecule has 7 heteroatoms. The summed E-state index contributed by atoms with van der Waals surface area (Å²) in [6.07, 6.45) is 2.93. The van der Waals surface area contributed by atoms with Crippen molar-refractivity contribution in [2.45, 2.75) is 39.8 Å². The Morgan fingerprint density at radius 3 is 2.63 bits per heavy atom. The topological polar surface area (TPSA) is 96.3 Å². The zero-order valence-electron chi connectivity index (χ0n) is 11.2. The molecule has 0 aliphatic heterocycles. The Morgan fingerprint density at radius 1 is 1.37 bits per heavy atom. The lowest BCUT2D eigenvalue weighted by Crippen LogP contribution is -2.42. The number of aromatic nitrogens is 2. The molecule has 2 N–H and O–H groups in total. The van der Waals surface area contributed by atoms with Crippen molar-refractivity contribution in [2.24, 2.45) is 0 Å². The number of aryl methyl sites for hydroxylation is 1. The van der Waals surface area contributed by atoms with E-state index in [0.29, 0.717) is 6.54 Å². The summed E-state index contributed by atoms with van der Waals surface area (Å²) in [5.41, 5.74) is 4.23. The van der Waals surface area contributed by atoms with Crippen molar-refractivity contribution in [2.75, 3.05) is 12.3 Å². The average Bonchev–Trinajstić information content (AvgIpc) is 2.39. The van der Waals surface area contributed by atoms with E-state index in [1.807, 2.05) is 6.92 Å². The molecule has 0 amide bonds. The van der Waals surface area contributed by atoms with Gasteiger partial charge in [-0.25, -0.2) is 9.36 Å². The van der Waals surface area contributed by atoms with Crippen LogP contribution in [0.1, 0.15) is 26.7 Å². The molecule has 0 aromatic carbocycles. The molecule has 0 bridgehead atoms. The van der Waals surface area contributed by atoms with Crippen LogP contribution in [0.3, 0.4) is 0 Å². The minimum Gasteiger partial charge on any atom is -0.464 e. The van der Waals surface area contributed by atoms with Crippen LogP contribution in [0.4, 0.5) is 5.69 Å². The molecule has 0 saturated carbocycles. The lowest BCUT2D eigenvalue weighted by molar-refractivity contribution is -0.144. The van der Waals surface area contributed by atoms with Crippen molar-refractivity contribution in [3.05, 3.63) is 27.0 Å². The standard InChI is InChI=1S/C12H19N3O4/c1-3-5-6-19-10(16)8-15-11(17)9(13)7-14(4-2)12(15)18/h7H,3-6,8,13H2,1-2H3. The fourth-order valence-electron chi connectivity index (χ4n) is 1.55. The summed E-state index contributed by atoms with van der Waals surface area (Å²) < 4.78 is 6.99. The van der Waals surface area contributed by atoms with Crippen molar-refractivity contribution in [1.82, 2.24) is 9.13 Å². The summed E-state index contributed by atoms with van der Waals surface area (Å²) in [6.45, 7) is 3.96. The van der Waals surface area contributed by atoms with Crippen LogP contribution in [-0.4, -0.2) is 21.7 Å². The quantitative estimate of drug-likeness (QED) is 0.577. The fraction of sp³-hybridized carbons (Fsp3) is 0.583. The molecule has 0 aliphatic carbocycles. The molecular formula is C12H19N3O4. The first-order chi connectivity index (χ1) is 9.01. The van der Waals surface area contributed by atoms with Gasteiger partial charge in [0.15, 0.2) is 0 Å². The van der Waals surface area contributed by atoms with Crippen molar-refractivity contribution in [1.29, 1.82) is 0 Å². The van der Waals surface area contributed by atoms with Crippen LogP contribution in [-0.2, 0) is 22.6 Å². The fourth-order valence-corrected chi connectivity index (χ4v) is 1.55. The molecule has 0 aliphatic rings. The molecule has 0 spiro atoms. The predicted molar refractivity (Wildman–Crippen MR) is 70.9 cm³/mol. The summed E-state index contributed by atoms with van der Waals surface area (Å²) >= 11 is 0. The van der Waals surface area contributed by atoms with Crippen molar-refractivity contribution in [3.8, 4) is 0 Å². The number of esters is 1. The summed E-state index contributed by atoms with van der Waals surface area (Å²) in [7, 11) is 0. The van der Waals surface area contributed by atoms with Crippen LogP contribution in [0.2, 0.25) is 0 Å². The van der Waals surface area contributed by atoms with Gasteiger partial charge in [-0.05, 0) is 13.3 Å². The largest absolute Gasteiger partial charge is 0.464 e. The Kier molecular flexibility index (Phi) is 5.35. The average molecular weight is 269 g/mol. The highest BCUT2D eigenvalue weighted by Crippen LogP contribution is 1.92. The summed E-state index contributed by atoms with van der Waals surface area (Å²) in [4.78, 5) is 35.2. The van der Waals surface area contributed by atoms with Gasteiger partial charge < -0.3 is 10.5 Å². The zero-order valence-corrected chi connectivity index (χ0v) is 11.2. The van der Waals surface area contributed by atoms with Gasteiger partial charge in [-0.1, -0.05) is 13.3 Å². The van der Waals surface area contributed by atoms with Gasteiger partial charge in [0, 0.05) is 12.7 Å². The molecule has 0 saturated heterocycles. The molecule has 19 heavy (non-hydrogen) atoms. The van der Waals surface area contributed by atoms with Gasteiger partial charge in [0.1, 0.15) is 12.2 Å². The predicted octanol–water partition coefficient (Wildman–Crippen LogP) is -0.0446. The number of unbranched alkanes of at least 4 members (excludes halogenated alkanes) is 1. The first kappa shape index (κ1) is 15.0. The van der Waals surface area contributed by atoms with Crippen molar-refractivity contribution < 1.29 is 9.53 Å². The summed E-state index contributed by atoms with van der Waals surface area (Å²) in [5, 5.41) is 0. The maximum atomic E-state index is 11.9. The second kappa shape index (κ2) is 6.77. The van der Waals surface area contributed by atoms with E-state index >= 15 is 0 Å². The zero-order chi connectivity index (χ0) is 14.4. The number of carbonyl (C=O) groups excluding carboxylic acids is 1. The third-order valence-electron chi connectivity index (χ3n) is 2.65. The minimum absolute atomic E-state index is 0.0668. The Balaban J connectivity index is 2.95. The van der Waals surface area contributed by atoms with Crippen LogP contribution in [0.5, 0.6) is 0 Å². The normalized spacial score (nSPS) is 10.4. The smallest absolute Gasteiger partial charge is 0.331 e. The molecule has 1 aromatic heterocycles. The second-order valence-corrected chi connectivity index (χ2v) is 4.12. The maximum Gasteiger partial charge on any atom is 0.331 e. The summed E-state index contributed by atoms with van der Waals surface area (Å²) in [5.74, 6) is -0.610. The highest BCUT2D eigenvalue weighted by atomic mass is 16.5. The molecule has 0 fully saturated rings. The molecule has 7 nitrogen and oxygen atoms in total. The highest BCUT2D eigenvalue weighted by Gasteiger charge is 2.12. The monoisotopic (exact) mass is 269 g/mol. The van der Waals surface area contributed by atoms with Crippen LogP contribution in [0.15, 0.2) is 15.8 Å². The number of hydrogen-bond donors (Lipinski definition) is 1. The number of ether oxygens (including phenoxy) is 1. The number of anilines is 1. The van der Waals surface area contributed by atoms with E-state index in [2.05, 4.69) is 0 Å². The lowest BCUT2D eigenvalue weighted by Gasteiger charge is -2.09. The molecule has 0 atom stereocenters. The summed E-state index contributed by atoms with van der Waals surface area (Å²) in [6, 6.07) is 0. The van der Waals surface area contributed by atoms with Gasteiger partial charge in [-0.3, -0.25) is 14.2 Å². The minimum atomic E-state index is -0.665. The molecular weight excluding hydrogens is 250 g/mol. The molecule has 1 heterocycles. The number of nitrogens with two attached hydrogens (primary N) is 1. The number of hydrogen-bond acceptors (Lipinski definition) is 5. The number of rotatable bonds is 6. The van der Waals surface area contributed by atoms with Crippen LogP contribution < -0.4 is 17.0 Å². The van der Waals surface area contributed by atoms with Crippen LogP contribution >= 0.6 is 0 Å². The van der Waals surface area contributed by atoms with Gasteiger partial charge in [0.25, 0.3) is 5.56 Å². The first-order valence-electron chi connectivity index (χ1n) is 6.26. The van der Waals surface area contributed by atoms with Gasteiger partial charge in [-0.2, -0.15) is 0 Å². The van der Waals surface area contributed by atoms with Gasteiger partial charge in [-0.15, -0.1) is 0 Å². The third-order valence-corrected chi connectivity index (χ3v) is 2.65. The van der Waals surface area contributed by atoms with Gasteiger partial charge in [0.2, 0.25) is 0 Å². The molecule has 0 radical (unpaired) electrons. The van der Waals surface area contributed by atoms with E-state index in [9.17, 15) is 14.4 Å². The van der Waals surface area contributed by atoms with Gasteiger partial charge >= 0.3 is 11.7 Å². The van der Waals surface area contributed by atoms with E-state index in [1.165, 1.54) is 10.8 Å². The number of nitrogen functional groups attached to an aromatic ring is 1. The Hall–Kier alpha value is -2.05. The van der Waals surface area contributed by atoms with Gasteiger partial charge in [0.05, 0.1) is 6.61 Å². The van der Waals surface area contributed by atoms with Crippen molar-refractivity contribution in [3.63, 3.8) is 0 Å². The first-order valence-corrected chi connectivity index (χ1v) is 6.26. The van der Waals surface area contributed by atoms with Crippen LogP contribution in [0.25, 0.3) is 0 Å². The van der Waals surface area contributed by atoms with E-state index in [1.54, 1.807) is 6.92 Å². The van der Waals surface area contributed by atoms with E-state index in [-0.39, 0.29) is 12.3 Å². The third kappa shape index (κ3) is 3.70. The Bertz CT molecular complexity index is 559. The number of carbonyl (C=O) groups is 1. The molecule has 0 unspecified atom stereocenters. The second-order valence-electron chi connectivity index (χ2n) is 4.12. The lowest BCUT2D eigenvalue weighted by atomic mass is 10.4. The van der Waals surface area contributed by atoms with E-state index < -0.39 is 23.8 Å². The Labute approximate surface area is 110 Å². The van der Waals surface area contributed by atoms with E-state index in [4.69, 9.17) is 10.5 Å². The Morgan fingerprint density at radius 2 is 2.05 bits per heavy atom. The molecule has 106 valence electrons. The number of nitrogens with zero attached hydrogens (tertiary/aromatic N) is 2. The van der Waals surface area contributed by atoms with E-state index in [0.717, 1.165) is 17.4 Å².